The molecular formula is C9H20N2O2. The molecule has 0 rings (SSSR count). The SMILES string of the molecule is CCC(N)CCOC(=O)NC(C)C. The summed E-state index contributed by atoms with van der Waals surface area (Å²) in [6.07, 6.45) is 1.27. The van der Waals surface area contributed by atoms with Gasteiger partial charge in [-0.05, 0) is 26.7 Å². The van der Waals surface area contributed by atoms with Crippen LogP contribution in [0.1, 0.15) is 33.6 Å². The van der Waals surface area contributed by atoms with E-state index >= 15 is 0 Å². The maximum atomic E-state index is 10.9. The van der Waals surface area contributed by atoms with Crippen molar-refractivity contribution in [1.82, 2.24) is 5.32 Å². The van der Waals surface area contributed by atoms with E-state index < -0.39 is 0 Å². The van der Waals surface area contributed by atoms with Gasteiger partial charge in [0.1, 0.15) is 0 Å². The first-order chi connectivity index (χ1) is 6.06. The molecule has 3 N–H and O–H groups in total. The number of rotatable bonds is 5. The second-order valence-electron chi connectivity index (χ2n) is 3.39. The lowest BCUT2D eigenvalue weighted by Crippen LogP contribution is -2.32. The van der Waals surface area contributed by atoms with Crippen LogP contribution in [0.15, 0.2) is 0 Å². The number of ether oxygens (including phenoxy) is 1. The van der Waals surface area contributed by atoms with Gasteiger partial charge in [-0.15, -0.1) is 0 Å². The van der Waals surface area contributed by atoms with Gasteiger partial charge in [0.15, 0.2) is 0 Å². The number of amides is 1. The summed E-state index contributed by atoms with van der Waals surface area (Å²) in [5.41, 5.74) is 5.65. The van der Waals surface area contributed by atoms with E-state index in [1.54, 1.807) is 0 Å². The predicted octanol–water partition coefficient (Wildman–Crippen LogP) is 1.25. The van der Waals surface area contributed by atoms with Crippen molar-refractivity contribution >= 4 is 6.09 Å². The normalized spacial score (nSPS) is 12.7. The number of hydrogen-bond donors (Lipinski definition) is 2. The molecule has 0 spiro atoms. The van der Waals surface area contributed by atoms with Gasteiger partial charge in [-0.3, -0.25) is 0 Å². The summed E-state index contributed by atoms with van der Waals surface area (Å²) in [7, 11) is 0. The van der Waals surface area contributed by atoms with Crippen molar-refractivity contribution in [2.75, 3.05) is 6.61 Å². The van der Waals surface area contributed by atoms with Gasteiger partial charge in [-0.1, -0.05) is 6.92 Å². The van der Waals surface area contributed by atoms with Crippen molar-refractivity contribution in [3.05, 3.63) is 0 Å². The molecule has 0 bridgehead atoms. The van der Waals surface area contributed by atoms with Gasteiger partial charge in [0, 0.05) is 12.1 Å². The summed E-state index contributed by atoms with van der Waals surface area (Å²) in [6, 6.07) is 0.249. The highest BCUT2D eigenvalue weighted by Crippen LogP contribution is 1.94. The summed E-state index contributed by atoms with van der Waals surface area (Å²) in [6.45, 7) is 6.19. The first kappa shape index (κ1) is 12.2. The Morgan fingerprint density at radius 3 is 2.62 bits per heavy atom. The van der Waals surface area contributed by atoms with Crippen molar-refractivity contribution in [1.29, 1.82) is 0 Å². The van der Waals surface area contributed by atoms with Gasteiger partial charge in [-0.25, -0.2) is 4.79 Å². The van der Waals surface area contributed by atoms with E-state index in [0.29, 0.717) is 6.61 Å². The van der Waals surface area contributed by atoms with Crippen molar-refractivity contribution in [3.8, 4) is 0 Å². The Balaban J connectivity index is 3.37. The molecule has 0 saturated carbocycles. The first-order valence-corrected chi connectivity index (χ1v) is 4.75. The van der Waals surface area contributed by atoms with E-state index in [4.69, 9.17) is 10.5 Å². The average molecular weight is 188 g/mol. The number of alkyl carbamates (subject to hydrolysis) is 1. The molecule has 13 heavy (non-hydrogen) atoms. The standard InChI is InChI=1S/C9H20N2O2/c1-4-8(10)5-6-13-9(12)11-7(2)3/h7-8H,4-6,10H2,1-3H3,(H,11,12). The van der Waals surface area contributed by atoms with Gasteiger partial charge in [0.2, 0.25) is 0 Å². The fraction of sp³-hybridized carbons (Fsp3) is 0.889. The minimum atomic E-state index is -0.363. The molecule has 0 aromatic carbocycles. The molecule has 78 valence electrons. The van der Waals surface area contributed by atoms with Crippen LogP contribution in [0.5, 0.6) is 0 Å². The van der Waals surface area contributed by atoms with Crippen LogP contribution < -0.4 is 11.1 Å². The Morgan fingerprint density at radius 1 is 1.54 bits per heavy atom. The molecule has 0 fully saturated rings. The Hall–Kier alpha value is -0.770. The van der Waals surface area contributed by atoms with Gasteiger partial charge in [0.25, 0.3) is 0 Å². The highest BCUT2D eigenvalue weighted by atomic mass is 16.5. The topological polar surface area (TPSA) is 64.3 Å². The van der Waals surface area contributed by atoms with Crippen LogP contribution in [0.25, 0.3) is 0 Å². The summed E-state index contributed by atoms with van der Waals surface area (Å²) < 4.78 is 4.90. The highest BCUT2D eigenvalue weighted by Gasteiger charge is 2.04. The average Bonchev–Trinajstić information content (AvgIpc) is 2.02. The van der Waals surface area contributed by atoms with Gasteiger partial charge in [0.05, 0.1) is 6.61 Å². The van der Waals surface area contributed by atoms with Crippen LogP contribution in [-0.4, -0.2) is 24.8 Å². The van der Waals surface area contributed by atoms with Gasteiger partial charge >= 0.3 is 6.09 Å². The number of nitrogens with one attached hydrogen (secondary N) is 1. The van der Waals surface area contributed by atoms with Crippen molar-refractivity contribution < 1.29 is 9.53 Å². The maximum absolute atomic E-state index is 10.9. The van der Waals surface area contributed by atoms with Crippen molar-refractivity contribution in [2.45, 2.75) is 45.7 Å². The van der Waals surface area contributed by atoms with Crippen LogP contribution in [0, 0.1) is 0 Å². The molecule has 0 radical (unpaired) electrons. The summed E-state index contributed by atoms with van der Waals surface area (Å²) >= 11 is 0. The van der Waals surface area contributed by atoms with Crippen molar-refractivity contribution in [2.24, 2.45) is 5.73 Å². The molecule has 0 aliphatic rings. The summed E-state index contributed by atoms with van der Waals surface area (Å²) in [5, 5.41) is 2.63. The molecule has 0 aromatic heterocycles. The third-order valence-electron chi connectivity index (χ3n) is 1.65. The molecule has 4 heteroatoms. The molecule has 4 nitrogen and oxygen atoms in total. The van der Waals surface area contributed by atoms with Gasteiger partial charge in [-0.2, -0.15) is 0 Å². The third-order valence-corrected chi connectivity index (χ3v) is 1.65. The first-order valence-electron chi connectivity index (χ1n) is 4.75. The number of nitrogens with two attached hydrogens (primary N) is 1. The predicted molar refractivity (Wildman–Crippen MR) is 52.5 cm³/mol. The molecule has 0 aliphatic heterocycles. The number of carbonyl (C=O) groups excluding carboxylic acids is 1. The Bertz CT molecular complexity index is 149. The maximum Gasteiger partial charge on any atom is 0.407 e. The molecule has 1 unspecified atom stereocenters. The Morgan fingerprint density at radius 2 is 2.15 bits per heavy atom. The molecule has 0 heterocycles. The lowest BCUT2D eigenvalue weighted by molar-refractivity contribution is 0.140. The van der Waals surface area contributed by atoms with Crippen LogP contribution in [0.4, 0.5) is 4.79 Å². The monoisotopic (exact) mass is 188 g/mol. The highest BCUT2D eigenvalue weighted by molar-refractivity contribution is 5.67. The summed E-state index contributed by atoms with van der Waals surface area (Å²) in [5.74, 6) is 0. The van der Waals surface area contributed by atoms with Crippen LogP contribution in [0.2, 0.25) is 0 Å². The third kappa shape index (κ3) is 7.59. The molecule has 1 amide bonds. The number of hydrogen-bond acceptors (Lipinski definition) is 3. The van der Waals surface area contributed by atoms with E-state index in [2.05, 4.69) is 5.32 Å². The second-order valence-corrected chi connectivity index (χ2v) is 3.39. The fourth-order valence-electron chi connectivity index (χ4n) is 0.784. The van der Waals surface area contributed by atoms with Crippen LogP contribution in [0.3, 0.4) is 0 Å². The van der Waals surface area contributed by atoms with E-state index in [9.17, 15) is 4.79 Å². The van der Waals surface area contributed by atoms with E-state index in [0.717, 1.165) is 12.8 Å². The van der Waals surface area contributed by atoms with Crippen molar-refractivity contribution in [3.63, 3.8) is 0 Å². The fourth-order valence-corrected chi connectivity index (χ4v) is 0.784. The smallest absolute Gasteiger partial charge is 0.407 e. The zero-order valence-corrected chi connectivity index (χ0v) is 8.67. The minimum Gasteiger partial charge on any atom is -0.449 e. The Labute approximate surface area is 79.8 Å². The lowest BCUT2D eigenvalue weighted by atomic mass is 10.2. The quantitative estimate of drug-likeness (QED) is 0.682. The van der Waals surface area contributed by atoms with Gasteiger partial charge < -0.3 is 15.8 Å². The molecule has 0 aliphatic carbocycles. The Kier molecular flexibility index (Phi) is 6.32. The van der Waals surface area contributed by atoms with Crippen LogP contribution in [-0.2, 0) is 4.74 Å². The molecule has 0 saturated heterocycles. The second kappa shape index (κ2) is 6.71. The summed E-state index contributed by atoms with van der Waals surface area (Å²) in [4.78, 5) is 10.9. The zero-order chi connectivity index (χ0) is 10.3. The lowest BCUT2D eigenvalue weighted by Gasteiger charge is -2.11. The zero-order valence-electron chi connectivity index (χ0n) is 8.67. The van der Waals surface area contributed by atoms with Crippen LogP contribution >= 0.6 is 0 Å². The molecule has 1 atom stereocenters. The molecular weight excluding hydrogens is 168 g/mol. The van der Waals surface area contributed by atoms with E-state index in [1.165, 1.54) is 0 Å². The number of carbonyl (C=O) groups is 1. The minimum absolute atomic E-state index is 0.118. The largest absolute Gasteiger partial charge is 0.449 e. The molecule has 0 aromatic rings. The van der Waals surface area contributed by atoms with E-state index in [1.807, 2.05) is 20.8 Å². The van der Waals surface area contributed by atoms with E-state index in [-0.39, 0.29) is 18.2 Å².